The molecule has 5 nitrogen and oxygen atoms in total. The second-order valence-corrected chi connectivity index (χ2v) is 4.04. The molecule has 0 aliphatic carbocycles. The summed E-state index contributed by atoms with van der Waals surface area (Å²) in [4.78, 5) is 0. The normalized spacial score (nSPS) is 34.5. The molecule has 1 fully saturated rings. The minimum Gasteiger partial charge on any atom is -0.394 e. The van der Waals surface area contributed by atoms with Gasteiger partial charge >= 0.3 is 0 Å². The van der Waals surface area contributed by atoms with Gasteiger partial charge in [-0.1, -0.05) is 13.8 Å². The predicted octanol–water partition coefficient (Wildman–Crippen LogP) is -1.52. The van der Waals surface area contributed by atoms with Crippen LogP contribution in [-0.2, 0) is 4.74 Å². The zero-order valence-electron chi connectivity index (χ0n) is 10.7. The number of rotatable bonds is 2. The molecule has 2 unspecified atom stereocenters. The van der Waals surface area contributed by atoms with Crippen LogP contribution in [0.4, 0.5) is 0 Å². The van der Waals surface area contributed by atoms with Gasteiger partial charge in [0.25, 0.3) is 0 Å². The Kier molecular flexibility index (Phi) is 28.0. The molecule has 0 aromatic carbocycles. The van der Waals surface area contributed by atoms with Gasteiger partial charge in [-0.05, 0) is 5.92 Å². The standard InChI is InChI=1S/C9H18O5.4Ac/c1-4(2)9-8(13)7(12)6(11)5(3-10)14-9;;;;/h4-13H,3H2,1-2H3;;;;/t5?,6-,7-,8?,9-;;;;/m0..../s1. The summed E-state index contributed by atoms with van der Waals surface area (Å²) in [5, 5.41) is 37.4. The summed E-state index contributed by atoms with van der Waals surface area (Å²) in [6, 6.07) is 0. The van der Waals surface area contributed by atoms with E-state index in [0.717, 1.165) is 0 Å². The molecule has 96 valence electrons. The summed E-state index contributed by atoms with van der Waals surface area (Å²) < 4.78 is 5.28. The summed E-state index contributed by atoms with van der Waals surface area (Å²) >= 11 is 0. The van der Waals surface area contributed by atoms with Crippen LogP contribution in [0.25, 0.3) is 0 Å². The van der Waals surface area contributed by atoms with Gasteiger partial charge in [-0.25, -0.2) is 0 Å². The van der Waals surface area contributed by atoms with E-state index in [-0.39, 0.29) is 189 Å². The van der Waals surface area contributed by atoms with E-state index in [1.165, 1.54) is 0 Å². The fourth-order valence-corrected chi connectivity index (χ4v) is 1.68. The quantitative estimate of drug-likeness (QED) is 0.271. The first-order valence-corrected chi connectivity index (χ1v) is 4.79. The zero-order chi connectivity index (χ0) is 10.9. The third-order valence-corrected chi connectivity index (χ3v) is 2.59. The summed E-state index contributed by atoms with van der Waals surface area (Å²) in [6.07, 6.45) is -4.96. The summed E-state index contributed by atoms with van der Waals surface area (Å²) in [5.74, 6) is 0.0150. The fraction of sp³-hybridized carbons (Fsp3) is 1.00. The second kappa shape index (κ2) is 16.1. The topological polar surface area (TPSA) is 90.2 Å². The predicted molar refractivity (Wildman–Crippen MR) is 48.6 cm³/mol. The Bertz CT molecular complexity index is 196. The molecule has 18 heavy (non-hydrogen) atoms. The molecule has 0 aromatic heterocycles. The van der Waals surface area contributed by atoms with Crippen LogP contribution in [0.5, 0.6) is 0 Å². The van der Waals surface area contributed by atoms with E-state index in [2.05, 4.69) is 0 Å². The molecule has 5 atom stereocenters. The van der Waals surface area contributed by atoms with E-state index in [0.29, 0.717) is 0 Å². The van der Waals surface area contributed by atoms with Crippen molar-refractivity contribution in [2.45, 2.75) is 44.4 Å². The summed E-state index contributed by atoms with van der Waals surface area (Å²) in [5.41, 5.74) is 0. The number of hydrogen-bond donors (Lipinski definition) is 4. The van der Waals surface area contributed by atoms with Crippen LogP contribution in [0.15, 0.2) is 0 Å². The van der Waals surface area contributed by atoms with Crippen molar-refractivity contribution in [1.29, 1.82) is 0 Å². The number of ether oxygens (including phenoxy) is 1. The van der Waals surface area contributed by atoms with Crippen LogP contribution in [-0.4, -0.2) is 57.6 Å². The van der Waals surface area contributed by atoms with Crippen molar-refractivity contribution in [2.75, 3.05) is 6.61 Å². The molecule has 0 saturated carbocycles. The molecule has 1 heterocycles. The third-order valence-electron chi connectivity index (χ3n) is 2.59. The molecule has 0 amide bonds. The first-order valence-electron chi connectivity index (χ1n) is 4.79. The van der Waals surface area contributed by atoms with Crippen molar-refractivity contribution >= 4 is 0 Å². The Morgan fingerprint density at radius 2 is 1.33 bits per heavy atom. The van der Waals surface area contributed by atoms with Gasteiger partial charge in [-0.2, -0.15) is 0 Å². The van der Waals surface area contributed by atoms with E-state index < -0.39 is 30.5 Å². The van der Waals surface area contributed by atoms with Crippen molar-refractivity contribution in [3.63, 3.8) is 0 Å². The number of aliphatic hydroxyl groups excluding tert-OH is 4. The average molecular weight is 1110 g/mol. The fourth-order valence-electron chi connectivity index (χ4n) is 1.68. The van der Waals surface area contributed by atoms with Gasteiger partial charge in [0.15, 0.2) is 0 Å². The van der Waals surface area contributed by atoms with E-state index in [4.69, 9.17) is 9.84 Å². The van der Waals surface area contributed by atoms with Gasteiger partial charge in [0.2, 0.25) is 0 Å². The van der Waals surface area contributed by atoms with Gasteiger partial charge in [-0.15, -0.1) is 0 Å². The molecule has 9 heteroatoms. The Hall–Kier alpha value is 5.57. The molecule has 1 aliphatic heterocycles. The van der Waals surface area contributed by atoms with E-state index >= 15 is 0 Å². The Labute approximate surface area is 251 Å². The van der Waals surface area contributed by atoms with Crippen molar-refractivity contribution in [3.05, 3.63) is 0 Å². The van der Waals surface area contributed by atoms with E-state index in [9.17, 15) is 15.3 Å². The molecule has 1 aliphatic rings. The van der Waals surface area contributed by atoms with E-state index in [1.807, 2.05) is 13.8 Å². The Morgan fingerprint density at radius 3 is 1.67 bits per heavy atom. The first kappa shape index (κ1) is 31.3. The zero-order valence-corrected chi connectivity index (χ0v) is 29.7. The first-order chi connectivity index (χ1) is 6.49. The molecule has 1 saturated heterocycles. The smallest absolute Gasteiger partial charge is 0.111 e. The van der Waals surface area contributed by atoms with E-state index in [1.54, 1.807) is 0 Å². The van der Waals surface area contributed by atoms with Crippen LogP contribution in [0, 0.1) is 182 Å². The molecular weight excluding hydrogens is 1100 g/mol. The maximum atomic E-state index is 9.57. The minimum atomic E-state index is -1.26. The van der Waals surface area contributed by atoms with Crippen LogP contribution in [0.3, 0.4) is 0 Å². The van der Waals surface area contributed by atoms with Gasteiger partial charge in [-0.3, -0.25) is 0 Å². The maximum Gasteiger partial charge on any atom is 0.111 e. The number of aliphatic hydroxyl groups is 4. The van der Waals surface area contributed by atoms with Crippen LogP contribution in [0.1, 0.15) is 13.8 Å². The number of hydrogen-bond acceptors (Lipinski definition) is 5. The SMILES string of the molecule is CC(C)[C@@H]1OC(CO)[C@H](O)[C@H](O)C1O.[Ac].[Ac].[Ac].[Ac]. The van der Waals surface area contributed by atoms with Crippen LogP contribution >= 0.6 is 0 Å². The molecule has 1 rings (SSSR count). The van der Waals surface area contributed by atoms with Crippen molar-refractivity contribution in [1.82, 2.24) is 0 Å². The van der Waals surface area contributed by atoms with Crippen molar-refractivity contribution < 1.29 is 201 Å². The van der Waals surface area contributed by atoms with Gasteiger partial charge in [0, 0.05) is 176 Å². The molecular formula is C9H18Ac4O5. The van der Waals surface area contributed by atoms with Crippen LogP contribution < -0.4 is 0 Å². The van der Waals surface area contributed by atoms with Gasteiger partial charge in [0.05, 0.1) is 12.7 Å². The largest absolute Gasteiger partial charge is 0.394 e. The third kappa shape index (κ3) is 9.15. The van der Waals surface area contributed by atoms with Crippen LogP contribution in [0.2, 0.25) is 0 Å². The summed E-state index contributed by atoms with van der Waals surface area (Å²) in [7, 11) is 0. The maximum absolute atomic E-state index is 9.57. The second-order valence-electron chi connectivity index (χ2n) is 4.04. The monoisotopic (exact) mass is 1110 g/mol. The van der Waals surface area contributed by atoms with Crippen molar-refractivity contribution in [2.24, 2.45) is 5.92 Å². The van der Waals surface area contributed by atoms with Gasteiger partial charge < -0.3 is 25.2 Å². The molecule has 4 N–H and O–H groups in total. The molecule has 0 bridgehead atoms. The Balaban J connectivity index is -0.000000245. The molecule has 0 aromatic rings. The average Bonchev–Trinajstić information content (AvgIpc) is 2.14. The molecule has 0 spiro atoms. The minimum absolute atomic E-state index is 0. The van der Waals surface area contributed by atoms with Crippen molar-refractivity contribution in [3.8, 4) is 0 Å². The Morgan fingerprint density at radius 1 is 0.889 bits per heavy atom. The summed E-state index contributed by atoms with van der Waals surface area (Å²) in [6.45, 7) is 3.31. The van der Waals surface area contributed by atoms with Gasteiger partial charge in [0.1, 0.15) is 24.4 Å². The molecule has 4 radical (unpaired) electrons.